The Balaban J connectivity index is 1.85. The van der Waals surface area contributed by atoms with Crippen molar-refractivity contribution in [3.63, 3.8) is 0 Å². The molecule has 0 aliphatic carbocycles. The highest BCUT2D eigenvalue weighted by molar-refractivity contribution is 6.02. The molecule has 3 aromatic carbocycles. The molecule has 3 aromatic rings. The number of allylic oxidation sites excluding steroid dienone is 1. The van der Waals surface area contributed by atoms with Crippen molar-refractivity contribution in [2.75, 3.05) is 39.5 Å². The fourth-order valence-corrected chi connectivity index (χ4v) is 4.08. The maximum Gasteiger partial charge on any atom is 0.245 e. The summed E-state index contributed by atoms with van der Waals surface area (Å²) in [6.07, 6.45) is 3.80. The summed E-state index contributed by atoms with van der Waals surface area (Å²) in [7, 11) is 3.40. The number of nitrogens with two attached hydrogens (primary N) is 1. The summed E-state index contributed by atoms with van der Waals surface area (Å²) in [5, 5.41) is 10.7. The standard InChI is InChI=1S/C31H34F2N4O2/c1-4-24(25-8-5-6-9-27(25)32)30(22-13-16-28(34)26(20-22)31(33)35)21-11-14-23(15-12-21)39-19-18-36-17-7-10-29(38)37(2)3/h5-16,20,35-36H,4,17-19,34H2,1-3H3/b10-7+,30-24+,35-31?. The second-order valence-electron chi connectivity index (χ2n) is 9.01. The zero-order valence-electron chi connectivity index (χ0n) is 22.4. The number of hydrogen-bond acceptors (Lipinski definition) is 5. The Morgan fingerprint density at radius 1 is 1.05 bits per heavy atom. The lowest BCUT2D eigenvalue weighted by molar-refractivity contribution is -0.123. The number of rotatable bonds is 12. The van der Waals surface area contributed by atoms with Crippen LogP contribution in [0.25, 0.3) is 11.1 Å². The molecule has 0 heterocycles. The van der Waals surface area contributed by atoms with Gasteiger partial charge >= 0.3 is 0 Å². The molecule has 39 heavy (non-hydrogen) atoms. The van der Waals surface area contributed by atoms with Gasteiger partial charge < -0.3 is 20.7 Å². The molecule has 0 bridgehead atoms. The van der Waals surface area contributed by atoms with E-state index in [1.165, 1.54) is 23.1 Å². The van der Waals surface area contributed by atoms with Crippen LogP contribution >= 0.6 is 0 Å². The molecule has 8 heteroatoms. The molecule has 0 saturated heterocycles. The molecule has 0 atom stereocenters. The van der Waals surface area contributed by atoms with Crippen LogP contribution in [0.5, 0.6) is 5.75 Å². The molecule has 0 fully saturated rings. The summed E-state index contributed by atoms with van der Waals surface area (Å²) in [5.74, 6) is -0.893. The van der Waals surface area contributed by atoms with Crippen molar-refractivity contribution >= 4 is 28.7 Å². The number of benzene rings is 3. The van der Waals surface area contributed by atoms with E-state index in [0.717, 1.165) is 16.7 Å². The molecule has 204 valence electrons. The summed E-state index contributed by atoms with van der Waals surface area (Å²) < 4.78 is 34.7. The van der Waals surface area contributed by atoms with Gasteiger partial charge in [0.2, 0.25) is 11.9 Å². The molecule has 0 saturated carbocycles. The highest BCUT2D eigenvalue weighted by Crippen LogP contribution is 2.37. The molecule has 0 unspecified atom stereocenters. The third-order valence-electron chi connectivity index (χ3n) is 6.09. The molecule has 6 nitrogen and oxygen atoms in total. The van der Waals surface area contributed by atoms with Gasteiger partial charge in [-0.2, -0.15) is 4.39 Å². The molecule has 0 aliphatic rings. The third-order valence-corrected chi connectivity index (χ3v) is 6.09. The fourth-order valence-electron chi connectivity index (χ4n) is 4.08. The van der Waals surface area contributed by atoms with Crippen LogP contribution in [0.15, 0.2) is 78.9 Å². The Hall–Kier alpha value is -4.30. The smallest absolute Gasteiger partial charge is 0.245 e. The summed E-state index contributed by atoms with van der Waals surface area (Å²) in [6, 6.07) is 18.8. The second kappa shape index (κ2) is 14.0. The maximum atomic E-state index is 14.9. The molecule has 1 amide bonds. The molecular weight excluding hydrogens is 498 g/mol. The Labute approximate surface area is 228 Å². The van der Waals surface area contributed by atoms with Gasteiger partial charge in [0.25, 0.3) is 0 Å². The minimum absolute atomic E-state index is 0.0117. The number of nitrogens with one attached hydrogen (secondary N) is 2. The molecule has 0 aliphatic heterocycles. The number of carbonyl (C=O) groups is 1. The van der Waals surface area contributed by atoms with Crippen LogP contribution in [0, 0.1) is 11.2 Å². The third kappa shape index (κ3) is 7.85. The van der Waals surface area contributed by atoms with Gasteiger partial charge in [-0.05, 0) is 59.0 Å². The summed E-state index contributed by atoms with van der Waals surface area (Å²) >= 11 is 0. The van der Waals surface area contributed by atoms with E-state index in [4.69, 9.17) is 15.9 Å². The topological polar surface area (TPSA) is 91.4 Å². The second-order valence-corrected chi connectivity index (χ2v) is 9.01. The first-order valence-corrected chi connectivity index (χ1v) is 12.7. The van der Waals surface area contributed by atoms with Gasteiger partial charge in [-0.3, -0.25) is 10.2 Å². The van der Waals surface area contributed by atoms with Crippen molar-refractivity contribution in [3.8, 4) is 5.75 Å². The molecule has 4 N–H and O–H groups in total. The monoisotopic (exact) mass is 532 g/mol. The summed E-state index contributed by atoms with van der Waals surface area (Å²) in [4.78, 5) is 13.0. The van der Waals surface area contributed by atoms with E-state index < -0.39 is 5.97 Å². The predicted octanol–water partition coefficient (Wildman–Crippen LogP) is 5.68. The number of nitrogens with zero attached hydrogens (tertiary/aromatic N) is 1. The largest absolute Gasteiger partial charge is 0.492 e. The lowest BCUT2D eigenvalue weighted by Crippen LogP contribution is -2.22. The average molecular weight is 533 g/mol. The number of hydrogen-bond donors (Lipinski definition) is 3. The van der Waals surface area contributed by atoms with Crippen LogP contribution in [0.1, 0.15) is 35.6 Å². The van der Waals surface area contributed by atoms with Crippen LogP contribution in [0.3, 0.4) is 0 Å². The van der Waals surface area contributed by atoms with Crippen molar-refractivity contribution in [1.29, 1.82) is 5.41 Å². The quantitative estimate of drug-likeness (QED) is 0.0920. The molecule has 3 rings (SSSR count). The van der Waals surface area contributed by atoms with E-state index in [9.17, 15) is 13.6 Å². The number of anilines is 1. The first kappa shape index (κ1) is 29.3. The molecule has 0 aromatic heterocycles. The van der Waals surface area contributed by atoms with Gasteiger partial charge in [0.05, 0.1) is 5.56 Å². The minimum atomic E-state index is -1.13. The van der Waals surface area contributed by atoms with Crippen LogP contribution in [0.2, 0.25) is 0 Å². The lowest BCUT2D eigenvalue weighted by Gasteiger charge is -2.18. The van der Waals surface area contributed by atoms with Crippen molar-refractivity contribution in [1.82, 2.24) is 10.2 Å². The normalized spacial score (nSPS) is 11.8. The van der Waals surface area contributed by atoms with E-state index in [2.05, 4.69) is 5.32 Å². The highest BCUT2D eigenvalue weighted by Gasteiger charge is 2.18. The SMILES string of the molecule is CC/C(=C(/c1ccc(OCCNC/C=C/C(=O)N(C)C)cc1)c1ccc(N)c(C(=N)F)c1)c1ccccc1F. The Morgan fingerprint density at radius 3 is 2.38 bits per heavy atom. The van der Waals surface area contributed by atoms with Crippen molar-refractivity contribution in [3.05, 3.63) is 107 Å². The minimum Gasteiger partial charge on any atom is -0.492 e. The zero-order valence-corrected chi connectivity index (χ0v) is 22.4. The Bertz CT molecular complexity index is 1370. The Morgan fingerprint density at radius 2 is 1.74 bits per heavy atom. The number of halogens is 2. The van der Waals surface area contributed by atoms with E-state index in [-0.39, 0.29) is 23.0 Å². The van der Waals surface area contributed by atoms with Crippen LogP contribution in [0.4, 0.5) is 14.5 Å². The van der Waals surface area contributed by atoms with Crippen LogP contribution in [-0.2, 0) is 4.79 Å². The molecule has 0 spiro atoms. The van der Waals surface area contributed by atoms with Crippen molar-refractivity contribution in [2.24, 2.45) is 0 Å². The zero-order chi connectivity index (χ0) is 28.4. The van der Waals surface area contributed by atoms with Crippen molar-refractivity contribution in [2.45, 2.75) is 13.3 Å². The van der Waals surface area contributed by atoms with E-state index in [0.29, 0.717) is 43.0 Å². The molecular formula is C31H34F2N4O2. The van der Waals surface area contributed by atoms with Gasteiger partial charge in [-0.15, -0.1) is 0 Å². The maximum absolute atomic E-state index is 14.9. The van der Waals surface area contributed by atoms with Crippen LogP contribution < -0.4 is 15.8 Å². The first-order chi connectivity index (χ1) is 18.7. The number of likely N-dealkylation sites (N-methyl/N-ethyl adjacent to an activating group) is 1. The molecule has 0 radical (unpaired) electrons. The van der Waals surface area contributed by atoms with E-state index in [1.54, 1.807) is 50.5 Å². The van der Waals surface area contributed by atoms with Gasteiger partial charge in [0, 0.05) is 44.5 Å². The van der Waals surface area contributed by atoms with E-state index in [1.807, 2.05) is 31.2 Å². The summed E-state index contributed by atoms with van der Waals surface area (Å²) in [6.45, 7) is 3.50. The van der Waals surface area contributed by atoms with Crippen molar-refractivity contribution < 1.29 is 18.3 Å². The first-order valence-electron chi connectivity index (χ1n) is 12.7. The number of ether oxygens (including phenoxy) is 1. The van der Waals surface area contributed by atoms with Gasteiger partial charge in [-0.25, -0.2) is 4.39 Å². The van der Waals surface area contributed by atoms with Gasteiger partial charge in [-0.1, -0.05) is 49.4 Å². The van der Waals surface area contributed by atoms with Gasteiger partial charge in [0.15, 0.2) is 0 Å². The van der Waals surface area contributed by atoms with Crippen LogP contribution in [-0.4, -0.2) is 50.6 Å². The number of amides is 1. The summed E-state index contributed by atoms with van der Waals surface area (Å²) in [5.41, 5.74) is 9.38. The fraction of sp³-hybridized carbons (Fsp3) is 0.226. The number of carbonyl (C=O) groups excluding carboxylic acids is 1. The Kier molecular flexibility index (Phi) is 10.5. The van der Waals surface area contributed by atoms with E-state index >= 15 is 0 Å². The van der Waals surface area contributed by atoms with Gasteiger partial charge in [0.1, 0.15) is 18.2 Å². The highest BCUT2D eigenvalue weighted by atomic mass is 19.1. The average Bonchev–Trinajstić information content (AvgIpc) is 2.92. The predicted molar refractivity (Wildman–Crippen MR) is 154 cm³/mol. The number of nitrogen functional groups attached to an aromatic ring is 1. The lowest BCUT2D eigenvalue weighted by atomic mass is 9.87.